The minimum Gasteiger partial charge on any atom is -0.494 e. The van der Waals surface area contributed by atoms with Gasteiger partial charge in [0.05, 0.1) is 6.61 Å². The van der Waals surface area contributed by atoms with Crippen LogP contribution in [0.2, 0.25) is 0 Å². The van der Waals surface area contributed by atoms with Crippen LogP contribution >= 0.6 is 0 Å². The van der Waals surface area contributed by atoms with Gasteiger partial charge < -0.3 is 15.6 Å². The molecular weight excluding hydrogens is 234 g/mol. The zero-order valence-electron chi connectivity index (χ0n) is 10.5. The first kappa shape index (κ1) is 16.0. The number of aliphatic carboxylic acids is 1. The van der Waals surface area contributed by atoms with Gasteiger partial charge in [0.15, 0.2) is 0 Å². The SMILES string of the molecule is CC(=O)O.NC(=O)CCCCOc1ccccc1. The van der Waals surface area contributed by atoms with Gasteiger partial charge in [-0.2, -0.15) is 0 Å². The van der Waals surface area contributed by atoms with Gasteiger partial charge >= 0.3 is 0 Å². The number of para-hydroxylation sites is 1. The molecule has 0 saturated heterocycles. The number of carbonyl (C=O) groups is 2. The van der Waals surface area contributed by atoms with E-state index in [1.807, 2.05) is 30.3 Å². The molecule has 5 heteroatoms. The minimum absolute atomic E-state index is 0.246. The predicted molar refractivity (Wildman–Crippen MR) is 68.3 cm³/mol. The fraction of sp³-hybridized carbons (Fsp3) is 0.385. The molecule has 5 nitrogen and oxygen atoms in total. The summed E-state index contributed by atoms with van der Waals surface area (Å²) in [7, 11) is 0. The molecule has 1 rings (SSSR count). The highest BCUT2D eigenvalue weighted by Crippen LogP contribution is 2.08. The number of ether oxygens (including phenoxy) is 1. The zero-order valence-corrected chi connectivity index (χ0v) is 10.5. The molecule has 18 heavy (non-hydrogen) atoms. The Morgan fingerprint density at radius 2 is 1.78 bits per heavy atom. The van der Waals surface area contributed by atoms with Crippen LogP contribution in [0.4, 0.5) is 0 Å². The van der Waals surface area contributed by atoms with Crippen molar-refractivity contribution in [3.8, 4) is 5.75 Å². The number of rotatable bonds is 6. The molecule has 1 aromatic carbocycles. The first-order valence-corrected chi connectivity index (χ1v) is 5.68. The monoisotopic (exact) mass is 253 g/mol. The van der Waals surface area contributed by atoms with E-state index in [-0.39, 0.29) is 5.91 Å². The zero-order chi connectivity index (χ0) is 13.8. The lowest BCUT2D eigenvalue weighted by atomic mass is 10.2. The Morgan fingerprint density at radius 1 is 1.22 bits per heavy atom. The molecule has 0 bridgehead atoms. The number of carboxylic acids is 1. The van der Waals surface area contributed by atoms with Crippen LogP contribution in [0.5, 0.6) is 5.75 Å². The van der Waals surface area contributed by atoms with Crippen molar-refractivity contribution in [2.75, 3.05) is 6.61 Å². The van der Waals surface area contributed by atoms with Crippen LogP contribution in [0.25, 0.3) is 0 Å². The second-order valence-electron chi connectivity index (χ2n) is 3.60. The van der Waals surface area contributed by atoms with Crippen LogP contribution in [-0.4, -0.2) is 23.6 Å². The topological polar surface area (TPSA) is 89.6 Å². The normalized spacial score (nSPS) is 8.94. The van der Waals surface area contributed by atoms with Gasteiger partial charge in [-0.05, 0) is 25.0 Å². The Hall–Kier alpha value is -2.04. The maximum Gasteiger partial charge on any atom is 0.300 e. The molecule has 1 aromatic rings. The summed E-state index contributed by atoms with van der Waals surface area (Å²) in [6.45, 7) is 1.72. The number of hydrogen-bond acceptors (Lipinski definition) is 3. The van der Waals surface area contributed by atoms with E-state index in [9.17, 15) is 4.79 Å². The predicted octanol–water partition coefficient (Wildman–Crippen LogP) is 1.81. The molecule has 0 fully saturated rings. The molecule has 0 aliphatic carbocycles. The Morgan fingerprint density at radius 3 is 2.28 bits per heavy atom. The smallest absolute Gasteiger partial charge is 0.300 e. The summed E-state index contributed by atoms with van der Waals surface area (Å²) in [6.07, 6.45) is 2.10. The molecule has 0 spiro atoms. The van der Waals surface area contributed by atoms with E-state index in [0.717, 1.165) is 25.5 Å². The average Bonchev–Trinajstić information content (AvgIpc) is 2.29. The fourth-order valence-electron chi connectivity index (χ4n) is 1.11. The summed E-state index contributed by atoms with van der Waals surface area (Å²) >= 11 is 0. The van der Waals surface area contributed by atoms with Gasteiger partial charge in [-0.25, -0.2) is 0 Å². The summed E-state index contributed by atoms with van der Waals surface area (Å²) in [4.78, 5) is 19.4. The third kappa shape index (κ3) is 12.0. The highest BCUT2D eigenvalue weighted by Gasteiger charge is 1.95. The van der Waals surface area contributed by atoms with Crippen LogP contribution in [0.15, 0.2) is 30.3 Å². The van der Waals surface area contributed by atoms with Crippen molar-refractivity contribution in [1.82, 2.24) is 0 Å². The summed E-state index contributed by atoms with van der Waals surface area (Å²) in [5, 5.41) is 7.42. The molecule has 3 N–H and O–H groups in total. The maximum atomic E-state index is 10.4. The van der Waals surface area contributed by atoms with Crippen LogP contribution in [0.3, 0.4) is 0 Å². The second-order valence-corrected chi connectivity index (χ2v) is 3.60. The number of amides is 1. The van der Waals surface area contributed by atoms with E-state index in [4.69, 9.17) is 20.4 Å². The number of carbonyl (C=O) groups excluding carboxylic acids is 1. The standard InChI is InChI=1S/C11H15NO2.C2H4O2/c12-11(13)8-4-5-9-14-10-6-2-1-3-7-10;1-2(3)4/h1-3,6-7H,4-5,8-9H2,(H2,12,13);1H3,(H,3,4). The summed E-state index contributed by atoms with van der Waals surface area (Å²) in [6, 6.07) is 9.62. The van der Waals surface area contributed by atoms with Crippen LogP contribution in [-0.2, 0) is 9.59 Å². The van der Waals surface area contributed by atoms with Gasteiger partial charge in [0.2, 0.25) is 5.91 Å². The number of benzene rings is 1. The van der Waals surface area contributed by atoms with Crippen LogP contribution in [0.1, 0.15) is 26.2 Å². The lowest BCUT2D eigenvalue weighted by Gasteiger charge is -2.04. The Labute approximate surface area is 107 Å². The average molecular weight is 253 g/mol. The van der Waals surface area contributed by atoms with Crippen molar-refractivity contribution in [3.63, 3.8) is 0 Å². The highest BCUT2D eigenvalue weighted by atomic mass is 16.5. The Kier molecular flexibility index (Phi) is 8.99. The summed E-state index contributed by atoms with van der Waals surface area (Å²) in [5.74, 6) is -0.212. The lowest BCUT2D eigenvalue weighted by molar-refractivity contribution is -0.134. The molecule has 0 atom stereocenters. The van der Waals surface area contributed by atoms with E-state index in [1.165, 1.54) is 0 Å². The molecule has 0 aliphatic rings. The Bertz CT molecular complexity index is 347. The number of nitrogens with two attached hydrogens (primary N) is 1. The summed E-state index contributed by atoms with van der Waals surface area (Å²) < 4.78 is 5.44. The third-order valence-corrected chi connectivity index (χ3v) is 1.83. The van der Waals surface area contributed by atoms with Gasteiger partial charge in [-0.15, -0.1) is 0 Å². The number of unbranched alkanes of at least 4 members (excludes halogenated alkanes) is 1. The van der Waals surface area contributed by atoms with Crippen molar-refractivity contribution in [2.45, 2.75) is 26.2 Å². The summed E-state index contributed by atoms with van der Waals surface area (Å²) in [5.41, 5.74) is 5.01. The maximum absolute atomic E-state index is 10.4. The van der Waals surface area contributed by atoms with E-state index < -0.39 is 5.97 Å². The number of primary amides is 1. The molecular formula is C13H19NO4. The first-order valence-electron chi connectivity index (χ1n) is 5.68. The van der Waals surface area contributed by atoms with Crippen LogP contribution in [0, 0.1) is 0 Å². The van der Waals surface area contributed by atoms with E-state index >= 15 is 0 Å². The van der Waals surface area contributed by atoms with Crippen molar-refractivity contribution in [1.29, 1.82) is 0 Å². The molecule has 100 valence electrons. The van der Waals surface area contributed by atoms with E-state index in [0.29, 0.717) is 13.0 Å². The van der Waals surface area contributed by atoms with Crippen molar-refractivity contribution >= 4 is 11.9 Å². The van der Waals surface area contributed by atoms with Gasteiger partial charge in [-0.3, -0.25) is 9.59 Å². The lowest BCUT2D eigenvalue weighted by Crippen LogP contribution is -2.10. The molecule has 0 radical (unpaired) electrons. The van der Waals surface area contributed by atoms with E-state index in [2.05, 4.69) is 0 Å². The molecule has 0 unspecified atom stereocenters. The van der Waals surface area contributed by atoms with Gasteiger partial charge in [-0.1, -0.05) is 18.2 Å². The quantitative estimate of drug-likeness (QED) is 0.756. The Balaban J connectivity index is 0.000000631. The number of carboxylic acid groups (broad SMARTS) is 1. The second kappa shape index (κ2) is 10.1. The molecule has 1 amide bonds. The van der Waals surface area contributed by atoms with Crippen molar-refractivity contribution < 1.29 is 19.4 Å². The largest absolute Gasteiger partial charge is 0.494 e. The first-order chi connectivity index (χ1) is 8.52. The van der Waals surface area contributed by atoms with Crippen molar-refractivity contribution in [3.05, 3.63) is 30.3 Å². The molecule has 0 aromatic heterocycles. The fourth-order valence-corrected chi connectivity index (χ4v) is 1.11. The van der Waals surface area contributed by atoms with Gasteiger partial charge in [0, 0.05) is 13.3 Å². The van der Waals surface area contributed by atoms with Gasteiger partial charge in [0.1, 0.15) is 5.75 Å². The molecule has 0 saturated carbocycles. The van der Waals surface area contributed by atoms with Gasteiger partial charge in [0.25, 0.3) is 5.97 Å². The van der Waals surface area contributed by atoms with Crippen molar-refractivity contribution in [2.24, 2.45) is 5.73 Å². The molecule has 0 heterocycles. The highest BCUT2D eigenvalue weighted by molar-refractivity contribution is 5.73. The van der Waals surface area contributed by atoms with E-state index in [1.54, 1.807) is 0 Å². The number of hydrogen-bond donors (Lipinski definition) is 2. The third-order valence-electron chi connectivity index (χ3n) is 1.83. The van der Waals surface area contributed by atoms with Crippen LogP contribution < -0.4 is 10.5 Å². The minimum atomic E-state index is -0.833. The molecule has 0 aliphatic heterocycles.